The van der Waals surface area contributed by atoms with Gasteiger partial charge in [-0.1, -0.05) is 251 Å². The van der Waals surface area contributed by atoms with E-state index in [-0.39, 0.29) is 99.7 Å². The fraction of sp³-hybridized carbons (Fsp3) is 0.458. The highest BCUT2D eigenvalue weighted by atomic mass is 35.5. The molecule has 0 radical (unpaired) electrons. The lowest BCUT2D eigenvalue weighted by Crippen LogP contribution is -3.00. The molecule has 0 unspecified atom stereocenters. The van der Waals surface area contributed by atoms with Gasteiger partial charge < -0.3 is 108 Å². The Kier molecular flexibility index (Phi) is 40.0. The highest BCUT2D eigenvalue weighted by Gasteiger charge is 2.33. The maximum absolute atomic E-state index is 14.6. The number of nitrogens with zero attached hydrogens (tertiary/aromatic N) is 4. The smallest absolute Gasteiger partial charge is 0.257 e. The fourth-order valence-corrected chi connectivity index (χ4v) is 18.8. The molecule has 0 fully saturated rings. The first-order valence-electron chi connectivity index (χ1n) is 41.0. The van der Waals surface area contributed by atoms with Crippen LogP contribution >= 0.6 is 47.0 Å². The number of benzene rings is 8. The summed E-state index contributed by atoms with van der Waals surface area (Å²) in [6.45, 7) is 33.8. The number of carbonyl (C=O) groups excluding carboxylic acids is 4. The Balaban J connectivity index is 0.00000641. The Morgan fingerprint density at radius 3 is 0.583 bits per heavy atom. The fourth-order valence-electron chi connectivity index (χ4n) is 14.0. The largest absolute Gasteiger partial charge is 1.00 e. The minimum Gasteiger partial charge on any atom is -1.00 e. The second kappa shape index (κ2) is 46.3. The lowest BCUT2D eigenvalue weighted by molar-refractivity contribution is -0.903. The van der Waals surface area contributed by atoms with Gasteiger partial charge in [0.2, 0.25) is 0 Å². The van der Waals surface area contributed by atoms with Crippen molar-refractivity contribution in [2.75, 3.05) is 135 Å². The quantitative estimate of drug-likeness (QED) is 0.0252. The molecule has 1 aliphatic rings. The molecule has 1 heterocycles. The van der Waals surface area contributed by atoms with E-state index in [1.54, 1.807) is 0 Å². The summed E-state index contributed by atoms with van der Waals surface area (Å²) in [5.41, 5.74) is 7.35. The van der Waals surface area contributed by atoms with Gasteiger partial charge in [-0.05, 0) is 92.4 Å². The maximum Gasteiger partial charge on any atom is 0.257 e. The average molecular weight is 1800 g/mol. The molecule has 0 saturated carbocycles. The number of fused-ring (bicyclic) bond motifs is 8. The second-order valence-corrected chi connectivity index (χ2v) is 42.1. The van der Waals surface area contributed by atoms with Gasteiger partial charge in [0.25, 0.3) is 23.6 Å². The summed E-state index contributed by atoms with van der Waals surface area (Å²) in [5, 5.41) is 12.9. The van der Waals surface area contributed by atoms with Crippen LogP contribution in [0.4, 0.5) is 0 Å². The van der Waals surface area contributed by atoms with E-state index >= 15 is 0 Å². The van der Waals surface area contributed by atoms with Crippen molar-refractivity contribution >= 4 is 70.7 Å². The molecule has 4 amide bonds. The van der Waals surface area contributed by atoms with Crippen LogP contribution in [0, 0.1) is 0 Å². The van der Waals surface area contributed by atoms with Crippen LogP contribution in [0.15, 0.2) is 209 Å². The van der Waals surface area contributed by atoms with E-state index in [2.05, 4.69) is 306 Å². The van der Waals surface area contributed by atoms with Crippen molar-refractivity contribution in [3.05, 3.63) is 214 Å². The molecule has 0 aromatic heterocycles. The van der Waals surface area contributed by atoms with Gasteiger partial charge in [0.05, 0.1) is 122 Å². The van der Waals surface area contributed by atoms with Crippen LogP contribution in [0.1, 0.15) is 153 Å². The van der Waals surface area contributed by atoms with Crippen LogP contribution in [0.3, 0.4) is 0 Å². The first kappa shape index (κ1) is 104. The third kappa shape index (κ3) is 33.4. The zero-order valence-corrected chi connectivity index (χ0v) is 80.8. The predicted molar refractivity (Wildman–Crippen MR) is 478 cm³/mol. The van der Waals surface area contributed by atoms with Gasteiger partial charge >= 0.3 is 0 Å². The van der Waals surface area contributed by atoms with Crippen LogP contribution in [0.5, 0.6) is 23.0 Å². The van der Waals surface area contributed by atoms with E-state index < -0.39 is 21.7 Å². The van der Waals surface area contributed by atoms with Crippen molar-refractivity contribution in [2.24, 2.45) is 0 Å². The molecule has 0 aliphatic carbocycles. The molecule has 8 aromatic rings. The van der Waals surface area contributed by atoms with Gasteiger partial charge in [-0.25, -0.2) is 0 Å². The summed E-state index contributed by atoms with van der Waals surface area (Å²) in [6, 6.07) is 59.3. The zero-order chi connectivity index (χ0) is 84.3. The molecule has 16 nitrogen and oxygen atoms in total. The van der Waals surface area contributed by atoms with Crippen molar-refractivity contribution in [1.82, 2.24) is 21.3 Å². The number of amides is 4. The van der Waals surface area contributed by atoms with Crippen LogP contribution in [-0.2, 0) is 67.0 Å². The van der Waals surface area contributed by atoms with Gasteiger partial charge in [0.15, 0.2) is 26.4 Å². The van der Waals surface area contributed by atoms with Crippen LogP contribution in [0.25, 0.3) is 0 Å². The first-order valence-corrected chi connectivity index (χ1v) is 44.3. The van der Waals surface area contributed by atoms with E-state index in [9.17, 15) is 19.2 Å². The molecule has 0 saturated heterocycles. The first-order chi connectivity index (χ1) is 54.6. The lowest BCUT2D eigenvalue weighted by atomic mass is 9.87. The SMILES string of the molecule is CC(C)(C)c1cc2c(OCC(=O)NCCC[N+](C)(C)Cc3ccccc3)c(c1)Sc1cc(C(C)(C)C)cc(c1OCC(=O)NCCC[N+](C)(C)Cc1ccccc1)Sc1cc(C(C)(C)C)cc(c1OCC(=O)NCCC[N+](C)(C)Cc1ccccc1)Sc1cc(C(C)(C)C)cc(c1OCC(=O)NCCC[N+](C)(C)Cc1ccccc1)S2.[Cl-].[Cl-].[Cl-].[Cl-]. The van der Waals surface area contributed by atoms with Crippen molar-refractivity contribution in [2.45, 2.75) is 196 Å². The molecule has 656 valence electrons. The number of ether oxygens (including phenoxy) is 4. The Hall–Kier alpha value is -6.76. The Morgan fingerprint density at radius 1 is 0.275 bits per heavy atom. The normalized spacial score (nSPS) is 12.6. The topological polar surface area (TPSA) is 153 Å². The number of rotatable bonds is 36. The van der Waals surface area contributed by atoms with Gasteiger partial charge in [-0.15, -0.1) is 0 Å². The molecule has 4 N–H and O–H groups in total. The van der Waals surface area contributed by atoms with Crippen molar-refractivity contribution in [1.29, 1.82) is 0 Å². The third-order valence-corrected chi connectivity index (χ3v) is 24.9. The molecule has 120 heavy (non-hydrogen) atoms. The zero-order valence-electron chi connectivity index (χ0n) is 74.5. The summed E-state index contributed by atoms with van der Waals surface area (Å²) in [7, 11) is 17.7. The number of hydrogen-bond donors (Lipinski definition) is 4. The van der Waals surface area contributed by atoms with E-state index in [1.807, 2.05) is 24.3 Å². The molecule has 24 heteroatoms. The van der Waals surface area contributed by atoms with Gasteiger partial charge in [0.1, 0.15) is 49.2 Å². The average Bonchev–Trinajstić information content (AvgIpc) is 0.761. The van der Waals surface area contributed by atoms with Crippen LogP contribution in [0.2, 0.25) is 0 Å². The van der Waals surface area contributed by atoms with E-state index in [4.69, 9.17) is 18.9 Å². The van der Waals surface area contributed by atoms with Gasteiger partial charge in [-0.2, -0.15) is 0 Å². The van der Waals surface area contributed by atoms with Crippen molar-refractivity contribution in [3.8, 4) is 23.0 Å². The molecular weight excluding hydrogens is 1660 g/mol. The molecule has 1 aliphatic heterocycles. The molecule has 8 bridgehead atoms. The number of quaternary nitrogens is 4. The van der Waals surface area contributed by atoms with E-state index in [0.717, 1.165) is 118 Å². The van der Waals surface area contributed by atoms with Gasteiger partial charge in [0, 0.05) is 74.1 Å². The van der Waals surface area contributed by atoms with E-state index in [0.29, 0.717) is 88.3 Å². The number of nitrogens with one attached hydrogen (secondary N) is 4. The highest BCUT2D eigenvalue weighted by Crippen LogP contribution is 2.57. The lowest BCUT2D eigenvalue weighted by Gasteiger charge is -2.30. The summed E-state index contributed by atoms with van der Waals surface area (Å²) < 4.78 is 31.6. The number of halogens is 4. The predicted octanol–water partition coefficient (Wildman–Crippen LogP) is 6.46. The minimum absolute atomic E-state index is 0. The summed E-state index contributed by atoms with van der Waals surface area (Å²) >= 11 is 5.89. The Morgan fingerprint density at radius 2 is 0.433 bits per heavy atom. The summed E-state index contributed by atoms with van der Waals surface area (Å²) in [6.07, 6.45) is 3.01. The monoisotopic (exact) mass is 1790 g/mol. The number of carbonyl (C=O) groups is 4. The minimum atomic E-state index is -0.420. The Labute approximate surface area is 760 Å². The van der Waals surface area contributed by atoms with Crippen molar-refractivity contribution < 1.29 is 106 Å². The summed E-state index contributed by atoms with van der Waals surface area (Å²) in [5.74, 6) is 0.837. The Bertz CT molecular complexity index is 3940. The van der Waals surface area contributed by atoms with Gasteiger partial charge in [-0.3, -0.25) is 19.2 Å². The van der Waals surface area contributed by atoms with E-state index in [1.165, 1.54) is 69.3 Å². The standard InChI is InChI=1S/C96H128N8O8S4.4ClH/c1-93(2,3)73-53-77-89(109-65-85(105)97-45-33-49-101(13,14)61-69-37-25-21-26-38-69)78(54-73)114-80-56-75(95(7,8)9)58-82(91(80)111-67-87(107)99-47-35-51-103(17,18)63-71-41-29-23-30-42-71)116-84-60-76(96(10,11)12)59-83(92(84)112-68-88(108)100-48-36-52-104(19,20)64-72-43-31-24-32-44-72)115-81-57-74(94(4,5)6)55-79(113-77)90(81)110-66-86(106)98-46-34-50-102(15,16)62-70-39-27-22-28-40-70;;;;/h21-32,37-44,53-60H,33-36,45-52,61-68H2,1-20H3;4*1H. The van der Waals surface area contributed by atoms with Crippen molar-refractivity contribution in [3.63, 3.8) is 0 Å². The third-order valence-electron chi connectivity index (χ3n) is 20.7. The molecule has 8 aromatic carbocycles. The molecular formula is C96H132Cl4N8O8S4. The molecule has 0 spiro atoms. The molecule has 9 rings (SSSR count). The van der Waals surface area contributed by atoms with Crippen LogP contribution < -0.4 is 89.8 Å². The number of hydrogen-bond acceptors (Lipinski definition) is 12. The molecule has 0 atom stereocenters. The second-order valence-electron chi connectivity index (χ2n) is 37.8. The maximum atomic E-state index is 14.6. The van der Waals surface area contributed by atoms with Crippen LogP contribution in [-0.4, -0.2) is 177 Å². The summed E-state index contributed by atoms with van der Waals surface area (Å²) in [4.78, 5) is 64.0. The highest BCUT2D eigenvalue weighted by molar-refractivity contribution is 8.01.